The van der Waals surface area contributed by atoms with Gasteiger partial charge >= 0.3 is 0 Å². The lowest BCUT2D eigenvalue weighted by molar-refractivity contribution is 0.607. The molecule has 5 heteroatoms. The maximum Gasteiger partial charge on any atom is 0.191 e. The molecule has 3 heterocycles. The minimum atomic E-state index is 0.942. The third-order valence-electron chi connectivity index (χ3n) is 2.64. The van der Waals surface area contributed by atoms with Crippen LogP contribution in [-0.4, -0.2) is 25.5 Å². The van der Waals surface area contributed by atoms with Gasteiger partial charge in [0.25, 0.3) is 0 Å². The second-order valence-corrected chi connectivity index (χ2v) is 4.82. The first-order valence-electron chi connectivity index (χ1n) is 5.41. The van der Waals surface area contributed by atoms with Crippen LogP contribution in [0.5, 0.6) is 0 Å². The van der Waals surface area contributed by atoms with E-state index in [9.17, 15) is 0 Å². The zero-order valence-electron chi connectivity index (χ0n) is 8.83. The summed E-state index contributed by atoms with van der Waals surface area (Å²) in [5, 5.41) is 9.54. The molecule has 0 saturated carbocycles. The molecule has 0 spiro atoms. The van der Waals surface area contributed by atoms with Crippen molar-refractivity contribution >= 4 is 11.8 Å². The fraction of sp³-hybridized carbons (Fsp3) is 0.364. The molecule has 2 aromatic rings. The van der Waals surface area contributed by atoms with E-state index in [4.69, 9.17) is 0 Å². The highest BCUT2D eigenvalue weighted by atomic mass is 32.2. The summed E-state index contributed by atoms with van der Waals surface area (Å²) in [6.45, 7) is 1.01. The van der Waals surface area contributed by atoms with Gasteiger partial charge in [0.1, 0.15) is 0 Å². The minimum Gasteiger partial charge on any atom is -0.302 e. The molecule has 16 heavy (non-hydrogen) atoms. The monoisotopic (exact) mass is 232 g/mol. The van der Waals surface area contributed by atoms with Gasteiger partial charge in [-0.05, 0) is 25.0 Å². The fourth-order valence-electron chi connectivity index (χ4n) is 1.84. The average molecular weight is 232 g/mol. The van der Waals surface area contributed by atoms with Crippen LogP contribution in [0.15, 0.2) is 29.7 Å². The standard InChI is InChI=1S/C11H12N4S/c1-2-7-16-11-14-13-10(15(11)6-1)9-4-3-5-12-8-9/h3-5,8H,1-2,6-7H2. The molecule has 0 saturated heterocycles. The molecule has 1 aliphatic heterocycles. The van der Waals surface area contributed by atoms with Crippen molar-refractivity contribution in [3.8, 4) is 11.4 Å². The Hall–Kier alpha value is -1.36. The van der Waals surface area contributed by atoms with E-state index in [0.29, 0.717) is 0 Å². The number of hydrogen-bond acceptors (Lipinski definition) is 4. The van der Waals surface area contributed by atoms with Crippen molar-refractivity contribution in [1.82, 2.24) is 19.7 Å². The summed E-state index contributed by atoms with van der Waals surface area (Å²) in [4.78, 5) is 4.13. The SMILES string of the molecule is c1cncc(-c2nnc3n2CCCCS3)c1. The summed E-state index contributed by atoms with van der Waals surface area (Å²) in [6.07, 6.45) is 6.07. The van der Waals surface area contributed by atoms with E-state index < -0.39 is 0 Å². The van der Waals surface area contributed by atoms with Gasteiger partial charge in [0.2, 0.25) is 0 Å². The first kappa shape index (κ1) is 9.84. The van der Waals surface area contributed by atoms with Gasteiger partial charge in [-0.1, -0.05) is 11.8 Å². The van der Waals surface area contributed by atoms with Crippen LogP contribution in [0.3, 0.4) is 0 Å². The van der Waals surface area contributed by atoms with Gasteiger partial charge < -0.3 is 4.57 Å². The van der Waals surface area contributed by atoms with Crippen LogP contribution < -0.4 is 0 Å². The normalized spacial score (nSPS) is 15.5. The van der Waals surface area contributed by atoms with Gasteiger partial charge in [-0.2, -0.15) is 0 Å². The molecule has 0 amide bonds. The molecular formula is C11H12N4S. The number of nitrogens with zero attached hydrogens (tertiary/aromatic N) is 4. The highest BCUT2D eigenvalue weighted by Gasteiger charge is 2.16. The third kappa shape index (κ3) is 1.71. The van der Waals surface area contributed by atoms with Crippen LogP contribution in [-0.2, 0) is 6.54 Å². The zero-order valence-corrected chi connectivity index (χ0v) is 9.65. The van der Waals surface area contributed by atoms with E-state index >= 15 is 0 Å². The molecular weight excluding hydrogens is 220 g/mol. The van der Waals surface area contributed by atoms with Crippen molar-refractivity contribution in [1.29, 1.82) is 0 Å². The number of pyridine rings is 1. The second kappa shape index (κ2) is 4.25. The molecule has 4 nitrogen and oxygen atoms in total. The number of fused-ring (bicyclic) bond motifs is 1. The molecule has 0 aromatic carbocycles. The summed E-state index contributed by atoms with van der Waals surface area (Å²) in [5.41, 5.74) is 1.05. The number of thioether (sulfide) groups is 1. The van der Waals surface area contributed by atoms with Gasteiger partial charge in [-0.25, -0.2) is 0 Å². The zero-order chi connectivity index (χ0) is 10.8. The quantitative estimate of drug-likeness (QED) is 0.756. The fourth-order valence-corrected chi connectivity index (χ4v) is 2.80. The molecule has 82 valence electrons. The van der Waals surface area contributed by atoms with Crippen molar-refractivity contribution < 1.29 is 0 Å². The van der Waals surface area contributed by atoms with E-state index in [2.05, 4.69) is 19.7 Å². The van der Waals surface area contributed by atoms with Gasteiger partial charge in [0.05, 0.1) is 0 Å². The van der Waals surface area contributed by atoms with Crippen molar-refractivity contribution in [3.63, 3.8) is 0 Å². The Morgan fingerprint density at radius 2 is 2.25 bits per heavy atom. The topological polar surface area (TPSA) is 43.6 Å². The van der Waals surface area contributed by atoms with Crippen LogP contribution >= 0.6 is 11.8 Å². The molecule has 0 N–H and O–H groups in total. The smallest absolute Gasteiger partial charge is 0.191 e. The highest BCUT2D eigenvalue weighted by molar-refractivity contribution is 7.99. The molecule has 0 aliphatic carbocycles. The van der Waals surface area contributed by atoms with Gasteiger partial charge in [-0.3, -0.25) is 4.98 Å². The van der Waals surface area contributed by atoms with Crippen molar-refractivity contribution in [3.05, 3.63) is 24.5 Å². The summed E-state index contributed by atoms with van der Waals surface area (Å²) < 4.78 is 2.20. The third-order valence-corrected chi connectivity index (χ3v) is 3.70. The summed E-state index contributed by atoms with van der Waals surface area (Å²) >= 11 is 1.79. The summed E-state index contributed by atoms with van der Waals surface area (Å²) in [5.74, 6) is 2.09. The van der Waals surface area contributed by atoms with E-state index in [1.54, 1.807) is 18.0 Å². The number of hydrogen-bond donors (Lipinski definition) is 0. The van der Waals surface area contributed by atoms with Crippen LogP contribution in [0.1, 0.15) is 12.8 Å². The molecule has 0 fully saturated rings. The van der Waals surface area contributed by atoms with Crippen molar-refractivity contribution in [2.24, 2.45) is 0 Å². The Bertz CT molecular complexity index is 480. The molecule has 0 unspecified atom stereocenters. The average Bonchev–Trinajstić information content (AvgIpc) is 2.60. The van der Waals surface area contributed by atoms with Crippen molar-refractivity contribution in [2.45, 2.75) is 24.5 Å². The van der Waals surface area contributed by atoms with E-state index in [0.717, 1.165) is 28.8 Å². The van der Waals surface area contributed by atoms with Gasteiger partial charge in [-0.15, -0.1) is 10.2 Å². The van der Waals surface area contributed by atoms with Crippen LogP contribution in [0.2, 0.25) is 0 Å². The predicted molar refractivity (Wildman–Crippen MR) is 63.2 cm³/mol. The lowest BCUT2D eigenvalue weighted by atomic mass is 10.2. The van der Waals surface area contributed by atoms with E-state index in [1.165, 1.54) is 12.8 Å². The van der Waals surface area contributed by atoms with Gasteiger partial charge in [0.15, 0.2) is 11.0 Å². The Morgan fingerprint density at radius 1 is 1.25 bits per heavy atom. The predicted octanol–water partition coefficient (Wildman–Crippen LogP) is 2.23. The lowest BCUT2D eigenvalue weighted by Crippen LogP contribution is -2.00. The maximum absolute atomic E-state index is 4.26. The Morgan fingerprint density at radius 3 is 3.12 bits per heavy atom. The van der Waals surface area contributed by atoms with Crippen LogP contribution in [0, 0.1) is 0 Å². The van der Waals surface area contributed by atoms with Crippen LogP contribution in [0.4, 0.5) is 0 Å². The first-order chi connectivity index (χ1) is 7.95. The summed E-state index contributed by atoms with van der Waals surface area (Å²) in [6, 6.07) is 3.96. The van der Waals surface area contributed by atoms with E-state index in [-0.39, 0.29) is 0 Å². The maximum atomic E-state index is 4.26. The van der Waals surface area contributed by atoms with Crippen LogP contribution in [0.25, 0.3) is 11.4 Å². The minimum absolute atomic E-state index is 0.942. The molecule has 2 aromatic heterocycles. The number of rotatable bonds is 1. The molecule has 0 atom stereocenters. The summed E-state index contributed by atoms with van der Waals surface area (Å²) in [7, 11) is 0. The molecule has 3 rings (SSSR count). The molecule has 0 radical (unpaired) electrons. The molecule has 1 aliphatic rings. The lowest BCUT2D eigenvalue weighted by Gasteiger charge is -2.05. The van der Waals surface area contributed by atoms with Gasteiger partial charge in [0, 0.05) is 30.3 Å². The first-order valence-corrected chi connectivity index (χ1v) is 6.40. The Kier molecular flexibility index (Phi) is 2.61. The second-order valence-electron chi connectivity index (χ2n) is 3.76. The Balaban J connectivity index is 2.06. The number of aromatic nitrogens is 4. The van der Waals surface area contributed by atoms with Crippen molar-refractivity contribution in [2.75, 3.05) is 5.75 Å². The highest BCUT2D eigenvalue weighted by Crippen LogP contribution is 2.27. The largest absolute Gasteiger partial charge is 0.302 e. The van der Waals surface area contributed by atoms with E-state index in [1.807, 2.05) is 18.3 Å². The Labute approximate surface area is 98.1 Å². The molecule has 0 bridgehead atoms.